The van der Waals surface area contributed by atoms with E-state index in [1.165, 1.54) is 23.8 Å². The average molecular weight is 263 g/mol. The molecule has 6 heteroatoms. The molecule has 0 radical (unpaired) electrons. The van der Waals surface area contributed by atoms with E-state index in [1.54, 1.807) is 27.8 Å². The summed E-state index contributed by atoms with van der Waals surface area (Å²) in [6.07, 6.45) is 1.53. The highest BCUT2D eigenvalue weighted by atomic mass is 32.2. The second kappa shape index (κ2) is 6.74. The van der Waals surface area contributed by atoms with Crippen LogP contribution in [0.2, 0.25) is 0 Å². The Balaban J connectivity index is 4.47. The number of nitrogens with zero attached hydrogens (tertiary/aromatic N) is 1. The predicted molar refractivity (Wildman–Crippen MR) is 67.9 cm³/mol. The number of rotatable bonds is 4. The van der Waals surface area contributed by atoms with Gasteiger partial charge in [0.2, 0.25) is 0 Å². The molecule has 100 valence electrons. The zero-order chi connectivity index (χ0) is 13.6. The molecule has 0 N–H and O–H groups in total. The van der Waals surface area contributed by atoms with E-state index in [0.29, 0.717) is 0 Å². The fourth-order valence-electron chi connectivity index (χ4n) is 1.06. The van der Waals surface area contributed by atoms with Crippen molar-refractivity contribution in [3.05, 3.63) is 0 Å². The average Bonchev–Trinajstić information content (AvgIpc) is 2.22. The molecule has 0 aliphatic rings. The van der Waals surface area contributed by atoms with Gasteiger partial charge < -0.3 is 9.47 Å². The van der Waals surface area contributed by atoms with Gasteiger partial charge in [-0.05, 0) is 27.0 Å². The third kappa shape index (κ3) is 6.41. The number of hydrogen-bond donors (Lipinski definition) is 0. The number of carbonyl (C=O) groups excluding carboxylic acids is 2. The fourth-order valence-corrected chi connectivity index (χ4v) is 1.76. The molecule has 0 aromatic heterocycles. The largest absolute Gasteiger partial charge is 0.469 e. The molecule has 0 fully saturated rings. The highest BCUT2D eigenvalue weighted by Gasteiger charge is 2.26. The van der Waals surface area contributed by atoms with E-state index in [0.717, 1.165) is 0 Å². The fraction of sp³-hybridized carbons (Fsp3) is 0.818. The molecule has 0 bridgehead atoms. The SMILES string of the molecule is COC(=O)CC(SC)N(C)C(=O)OC(C)(C)C. The third-order valence-electron chi connectivity index (χ3n) is 1.95. The minimum absolute atomic E-state index is 0.146. The second-order valence-electron chi connectivity index (χ2n) is 4.56. The summed E-state index contributed by atoms with van der Waals surface area (Å²) < 4.78 is 9.80. The molecule has 5 nitrogen and oxygen atoms in total. The molecule has 0 heterocycles. The molecule has 1 amide bonds. The number of esters is 1. The third-order valence-corrected chi connectivity index (χ3v) is 2.98. The number of thioether (sulfide) groups is 1. The minimum Gasteiger partial charge on any atom is -0.469 e. The summed E-state index contributed by atoms with van der Waals surface area (Å²) in [6.45, 7) is 5.40. The zero-order valence-electron chi connectivity index (χ0n) is 11.3. The first kappa shape index (κ1) is 16.1. The molecule has 1 unspecified atom stereocenters. The lowest BCUT2D eigenvalue weighted by atomic mass is 10.2. The molecule has 0 aromatic rings. The molecule has 0 rings (SSSR count). The number of carbonyl (C=O) groups is 2. The van der Waals surface area contributed by atoms with Gasteiger partial charge in [0.1, 0.15) is 5.60 Å². The highest BCUT2D eigenvalue weighted by molar-refractivity contribution is 7.99. The van der Waals surface area contributed by atoms with Crippen molar-refractivity contribution in [3.63, 3.8) is 0 Å². The topological polar surface area (TPSA) is 55.8 Å². The van der Waals surface area contributed by atoms with Crippen molar-refractivity contribution in [1.29, 1.82) is 0 Å². The lowest BCUT2D eigenvalue weighted by Crippen LogP contribution is -2.40. The summed E-state index contributed by atoms with van der Waals surface area (Å²) in [5, 5.41) is -0.280. The van der Waals surface area contributed by atoms with Crippen LogP contribution >= 0.6 is 11.8 Å². The lowest BCUT2D eigenvalue weighted by molar-refractivity contribution is -0.141. The Bertz CT molecular complexity index is 275. The zero-order valence-corrected chi connectivity index (χ0v) is 12.1. The van der Waals surface area contributed by atoms with Crippen LogP contribution in [0.1, 0.15) is 27.2 Å². The van der Waals surface area contributed by atoms with E-state index < -0.39 is 11.7 Å². The van der Waals surface area contributed by atoms with E-state index in [1.807, 2.05) is 6.26 Å². The minimum atomic E-state index is -0.542. The van der Waals surface area contributed by atoms with Crippen LogP contribution in [0, 0.1) is 0 Å². The Hall–Kier alpha value is -0.910. The quantitative estimate of drug-likeness (QED) is 0.574. The first-order valence-electron chi connectivity index (χ1n) is 5.26. The summed E-state index contributed by atoms with van der Waals surface area (Å²) >= 11 is 1.40. The van der Waals surface area contributed by atoms with E-state index in [2.05, 4.69) is 4.74 Å². The van der Waals surface area contributed by atoms with Crippen LogP contribution in [0.4, 0.5) is 4.79 Å². The number of ether oxygens (including phenoxy) is 2. The van der Waals surface area contributed by atoms with Gasteiger partial charge in [0.05, 0.1) is 18.9 Å². The van der Waals surface area contributed by atoms with Gasteiger partial charge in [0.25, 0.3) is 0 Å². The van der Waals surface area contributed by atoms with Crippen molar-refractivity contribution in [2.24, 2.45) is 0 Å². The number of methoxy groups -OCH3 is 1. The summed E-state index contributed by atoms with van der Waals surface area (Å²) in [6, 6.07) is 0. The molecular formula is C11H21NO4S. The van der Waals surface area contributed by atoms with Gasteiger partial charge in [-0.15, -0.1) is 11.8 Å². The molecule has 0 aliphatic carbocycles. The summed E-state index contributed by atoms with van der Waals surface area (Å²) in [5.74, 6) is -0.347. The Kier molecular flexibility index (Phi) is 6.37. The smallest absolute Gasteiger partial charge is 0.410 e. The van der Waals surface area contributed by atoms with E-state index in [9.17, 15) is 9.59 Å². The highest BCUT2D eigenvalue weighted by Crippen LogP contribution is 2.18. The van der Waals surface area contributed by atoms with Gasteiger partial charge in [-0.3, -0.25) is 9.69 Å². The lowest BCUT2D eigenvalue weighted by Gasteiger charge is -2.29. The van der Waals surface area contributed by atoms with Crippen LogP contribution in [-0.4, -0.2) is 48.4 Å². The van der Waals surface area contributed by atoms with Crippen LogP contribution in [0.15, 0.2) is 0 Å². The van der Waals surface area contributed by atoms with Crippen LogP contribution in [0.25, 0.3) is 0 Å². The van der Waals surface area contributed by atoms with Crippen LogP contribution < -0.4 is 0 Å². The molecule has 1 atom stereocenters. The Labute approximate surface area is 107 Å². The first-order chi connectivity index (χ1) is 7.71. The molecule has 0 aromatic carbocycles. The first-order valence-corrected chi connectivity index (χ1v) is 6.55. The van der Waals surface area contributed by atoms with Gasteiger partial charge in [-0.1, -0.05) is 0 Å². The van der Waals surface area contributed by atoms with Crippen LogP contribution in [0.5, 0.6) is 0 Å². The van der Waals surface area contributed by atoms with Gasteiger partial charge in [0, 0.05) is 7.05 Å². The molecular weight excluding hydrogens is 242 g/mol. The Morgan fingerprint density at radius 3 is 2.24 bits per heavy atom. The van der Waals surface area contributed by atoms with Crippen LogP contribution in [0.3, 0.4) is 0 Å². The summed E-state index contributed by atoms with van der Waals surface area (Å²) in [7, 11) is 2.94. The van der Waals surface area contributed by atoms with Gasteiger partial charge >= 0.3 is 12.1 Å². The van der Waals surface area contributed by atoms with Gasteiger partial charge in [0.15, 0.2) is 0 Å². The van der Waals surface area contributed by atoms with Crippen molar-refractivity contribution in [1.82, 2.24) is 4.90 Å². The normalized spacial score (nSPS) is 12.8. The van der Waals surface area contributed by atoms with Crippen molar-refractivity contribution in [3.8, 4) is 0 Å². The number of hydrogen-bond acceptors (Lipinski definition) is 5. The number of amides is 1. The predicted octanol–water partition coefficient (Wildman–Crippen LogP) is 2.11. The molecule has 0 saturated heterocycles. The Morgan fingerprint density at radius 1 is 1.35 bits per heavy atom. The molecule has 0 aliphatic heterocycles. The maximum atomic E-state index is 11.8. The molecule has 17 heavy (non-hydrogen) atoms. The standard InChI is InChI=1S/C11H21NO4S/c1-11(2,3)16-10(14)12(4)8(17-6)7-9(13)15-5/h8H,7H2,1-6H3. The van der Waals surface area contributed by atoms with E-state index >= 15 is 0 Å². The van der Waals surface area contributed by atoms with Crippen molar-refractivity contribution >= 4 is 23.8 Å². The molecule has 0 saturated carbocycles. The summed E-state index contributed by atoms with van der Waals surface area (Å²) in [4.78, 5) is 24.4. The maximum Gasteiger partial charge on any atom is 0.410 e. The molecule has 0 spiro atoms. The van der Waals surface area contributed by atoms with Crippen molar-refractivity contribution < 1.29 is 19.1 Å². The van der Waals surface area contributed by atoms with Gasteiger partial charge in [-0.25, -0.2) is 4.79 Å². The maximum absolute atomic E-state index is 11.8. The summed E-state index contributed by atoms with van der Waals surface area (Å²) in [5.41, 5.74) is -0.542. The monoisotopic (exact) mass is 263 g/mol. The van der Waals surface area contributed by atoms with Gasteiger partial charge in [-0.2, -0.15) is 0 Å². The second-order valence-corrected chi connectivity index (χ2v) is 5.58. The van der Waals surface area contributed by atoms with Crippen molar-refractivity contribution in [2.45, 2.75) is 38.2 Å². The Morgan fingerprint density at radius 2 is 1.88 bits per heavy atom. The van der Waals surface area contributed by atoms with Crippen LogP contribution in [-0.2, 0) is 14.3 Å². The van der Waals surface area contributed by atoms with Crippen molar-refractivity contribution in [2.75, 3.05) is 20.4 Å². The van der Waals surface area contributed by atoms with E-state index in [4.69, 9.17) is 4.74 Å². The van der Waals surface area contributed by atoms with E-state index in [-0.39, 0.29) is 17.8 Å².